The molecule has 0 fully saturated rings. The van der Waals surface area contributed by atoms with Crippen molar-refractivity contribution in [2.75, 3.05) is 6.61 Å². The molecule has 3 heteroatoms. The summed E-state index contributed by atoms with van der Waals surface area (Å²) in [5.74, 6) is 0.791. The molecule has 0 bridgehead atoms. The van der Waals surface area contributed by atoms with Gasteiger partial charge in [-0.05, 0) is 26.0 Å². The minimum absolute atomic E-state index is 0.0616. The molecule has 3 nitrogen and oxygen atoms in total. The van der Waals surface area contributed by atoms with E-state index < -0.39 is 0 Å². The first-order valence-electron chi connectivity index (χ1n) is 5.15. The van der Waals surface area contributed by atoms with E-state index in [0.717, 1.165) is 5.75 Å². The standard InChI is InChI=1S/C12H17NO2/c1-3-15-11-6-4-5-10(8-11)12(14)7-9(2)13/h4-6,8-9H,3,7,13H2,1-2H3. The molecular weight excluding hydrogens is 190 g/mol. The van der Waals surface area contributed by atoms with Crippen LogP contribution in [-0.2, 0) is 0 Å². The van der Waals surface area contributed by atoms with Crippen molar-refractivity contribution in [2.24, 2.45) is 5.73 Å². The molecule has 0 saturated carbocycles. The molecule has 0 saturated heterocycles. The van der Waals surface area contributed by atoms with E-state index in [1.807, 2.05) is 26.0 Å². The van der Waals surface area contributed by atoms with Crippen molar-refractivity contribution >= 4 is 5.78 Å². The number of hydrogen-bond donors (Lipinski definition) is 1. The maximum Gasteiger partial charge on any atom is 0.164 e. The van der Waals surface area contributed by atoms with Crippen molar-refractivity contribution in [3.05, 3.63) is 29.8 Å². The number of ketones is 1. The van der Waals surface area contributed by atoms with Crippen LogP contribution in [0.2, 0.25) is 0 Å². The van der Waals surface area contributed by atoms with Gasteiger partial charge in [-0.3, -0.25) is 4.79 Å². The Balaban J connectivity index is 2.76. The van der Waals surface area contributed by atoms with Gasteiger partial charge in [0.15, 0.2) is 5.78 Å². The second-order valence-corrected chi connectivity index (χ2v) is 3.57. The Hall–Kier alpha value is -1.35. The highest BCUT2D eigenvalue weighted by molar-refractivity contribution is 5.96. The van der Waals surface area contributed by atoms with Crippen molar-refractivity contribution in [1.29, 1.82) is 0 Å². The number of nitrogens with two attached hydrogens (primary N) is 1. The van der Waals surface area contributed by atoms with Crippen LogP contribution >= 0.6 is 0 Å². The molecule has 1 aromatic rings. The molecule has 1 atom stereocenters. The lowest BCUT2D eigenvalue weighted by Gasteiger charge is -2.06. The number of ether oxygens (including phenoxy) is 1. The summed E-state index contributed by atoms with van der Waals surface area (Å²) in [6, 6.07) is 7.10. The average Bonchev–Trinajstić information content (AvgIpc) is 2.17. The zero-order valence-corrected chi connectivity index (χ0v) is 9.19. The van der Waals surface area contributed by atoms with E-state index in [-0.39, 0.29) is 11.8 Å². The molecule has 0 amide bonds. The molecule has 15 heavy (non-hydrogen) atoms. The zero-order chi connectivity index (χ0) is 11.3. The average molecular weight is 207 g/mol. The van der Waals surface area contributed by atoms with E-state index in [4.69, 9.17) is 10.5 Å². The Morgan fingerprint density at radius 2 is 2.27 bits per heavy atom. The monoisotopic (exact) mass is 207 g/mol. The van der Waals surface area contributed by atoms with Crippen molar-refractivity contribution in [3.63, 3.8) is 0 Å². The maximum atomic E-state index is 11.7. The summed E-state index contributed by atoms with van der Waals surface area (Å²) in [5.41, 5.74) is 6.24. The molecule has 0 aromatic heterocycles. The molecule has 1 aromatic carbocycles. The van der Waals surface area contributed by atoms with Gasteiger partial charge >= 0.3 is 0 Å². The molecule has 82 valence electrons. The molecule has 0 aliphatic rings. The topological polar surface area (TPSA) is 52.3 Å². The van der Waals surface area contributed by atoms with E-state index in [2.05, 4.69) is 0 Å². The van der Waals surface area contributed by atoms with Gasteiger partial charge in [-0.25, -0.2) is 0 Å². The van der Waals surface area contributed by atoms with Crippen LogP contribution in [0, 0.1) is 0 Å². The maximum absolute atomic E-state index is 11.7. The largest absolute Gasteiger partial charge is 0.494 e. The Morgan fingerprint density at radius 1 is 1.53 bits per heavy atom. The van der Waals surface area contributed by atoms with Gasteiger partial charge in [0, 0.05) is 18.0 Å². The van der Waals surface area contributed by atoms with Gasteiger partial charge in [0.05, 0.1) is 6.61 Å². The van der Waals surface area contributed by atoms with E-state index >= 15 is 0 Å². The van der Waals surface area contributed by atoms with Crippen LogP contribution in [0.1, 0.15) is 30.6 Å². The highest BCUT2D eigenvalue weighted by Crippen LogP contribution is 2.14. The lowest BCUT2D eigenvalue weighted by molar-refractivity contribution is 0.0976. The highest BCUT2D eigenvalue weighted by atomic mass is 16.5. The third-order valence-electron chi connectivity index (χ3n) is 1.97. The summed E-state index contributed by atoms with van der Waals surface area (Å²) in [7, 11) is 0. The summed E-state index contributed by atoms with van der Waals surface area (Å²) >= 11 is 0. The number of carbonyl (C=O) groups is 1. The van der Waals surface area contributed by atoms with Crippen LogP contribution in [0.3, 0.4) is 0 Å². The first-order valence-corrected chi connectivity index (χ1v) is 5.15. The number of rotatable bonds is 5. The lowest BCUT2D eigenvalue weighted by atomic mass is 10.1. The quantitative estimate of drug-likeness (QED) is 0.751. The van der Waals surface area contributed by atoms with Crippen LogP contribution in [0.5, 0.6) is 5.75 Å². The fraction of sp³-hybridized carbons (Fsp3) is 0.417. The van der Waals surface area contributed by atoms with Crippen LogP contribution < -0.4 is 10.5 Å². The summed E-state index contributed by atoms with van der Waals surface area (Å²) in [4.78, 5) is 11.7. The van der Waals surface area contributed by atoms with Crippen molar-refractivity contribution in [2.45, 2.75) is 26.3 Å². The van der Waals surface area contributed by atoms with Crippen molar-refractivity contribution in [3.8, 4) is 5.75 Å². The predicted molar refractivity (Wildman–Crippen MR) is 60.2 cm³/mol. The normalized spacial score (nSPS) is 12.2. The van der Waals surface area contributed by atoms with Gasteiger partial charge in [-0.15, -0.1) is 0 Å². The second-order valence-electron chi connectivity index (χ2n) is 3.57. The first kappa shape index (κ1) is 11.7. The predicted octanol–water partition coefficient (Wildman–Crippen LogP) is 2.01. The lowest BCUT2D eigenvalue weighted by Crippen LogP contribution is -2.19. The van der Waals surface area contributed by atoms with Gasteiger partial charge in [0.2, 0.25) is 0 Å². The molecular formula is C12H17NO2. The Labute approximate surface area is 90.2 Å². The number of benzene rings is 1. The fourth-order valence-electron chi connectivity index (χ4n) is 1.34. The van der Waals surface area contributed by atoms with Gasteiger partial charge < -0.3 is 10.5 Å². The summed E-state index contributed by atoms with van der Waals surface area (Å²) in [5, 5.41) is 0. The van der Waals surface area contributed by atoms with Gasteiger partial charge in [-0.1, -0.05) is 12.1 Å². The second kappa shape index (κ2) is 5.51. The van der Waals surface area contributed by atoms with E-state index in [0.29, 0.717) is 18.6 Å². The molecule has 1 rings (SSSR count). The number of hydrogen-bond acceptors (Lipinski definition) is 3. The third-order valence-corrected chi connectivity index (χ3v) is 1.97. The van der Waals surface area contributed by atoms with E-state index in [9.17, 15) is 4.79 Å². The molecule has 0 radical (unpaired) electrons. The smallest absolute Gasteiger partial charge is 0.164 e. The van der Waals surface area contributed by atoms with Crippen molar-refractivity contribution < 1.29 is 9.53 Å². The van der Waals surface area contributed by atoms with Crippen molar-refractivity contribution in [1.82, 2.24) is 0 Å². The Kier molecular flexibility index (Phi) is 4.31. The zero-order valence-electron chi connectivity index (χ0n) is 9.19. The van der Waals surface area contributed by atoms with Gasteiger partial charge in [0.1, 0.15) is 5.75 Å². The number of Topliss-reactive ketones (excluding diaryl/α,β-unsaturated/α-hetero) is 1. The molecule has 2 N–H and O–H groups in total. The Morgan fingerprint density at radius 3 is 2.87 bits per heavy atom. The van der Waals surface area contributed by atoms with Crippen LogP contribution in [0.4, 0.5) is 0 Å². The molecule has 0 spiro atoms. The van der Waals surface area contributed by atoms with Crippen LogP contribution in [-0.4, -0.2) is 18.4 Å². The minimum Gasteiger partial charge on any atom is -0.494 e. The number of carbonyl (C=O) groups excluding carboxylic acids is 1. The summed E-state index contributed by atoms with van der Waals surface area (Å²) in [6.07, 6.45) is 0.371. The van der Waals surface area contributed by atoms with E-state index in [1.54, 1.807) is 12.1 Å². The third kappa shape index (κ3) is 3.72. The van der Waals surface area contributed by atoms with Crippen LogP contribution in [0.25, 0.3) is 0 Å². The SMILES string of the molecule is CCOc1cccc(C(=O)CC(C)N)c1. The highest BCUT2D eigenvalue weighted by Gasteiger charge is 2.08. The minimum atomic E-state index is -0.103. The summed E-state index contributed by atoms with van der Waals surface area (Å²) < 4.78 is 5.32. The Bertz CT molecular complexity index is 334. The van der Waals surface area contributed by atoms with Crippen LogP contribution in [0.15, 0.2) is 24.3 Å². The van der Waals surface area contributed by atoms with Gasteiger partial charge in [0.25, 0.3) is 0 Å². The first-order chi connectivity index (χ1) is 7.13. The molecule has 0 heterocycles. The molecule has 0 aliphatic heterocycles. The fourth-order valence-corrected chi connectivity index (χ4v) is 1.34. The summed E-state index contributed by atoms with van der Waals surface area (Å²) in [6.45, 7) is 4.34. The molecule has 1 unspecified atom stereocenters. The molecule has 0 aliphatic carbocycles. The van der Waals surface area contributed by atoms with Gasteiger partial charge in [-0.2, -0.15) is 0 Å². The van der Waals surface area contributed by atoms with E-state index in [1.165, 1.54) is 0 Å².